The third-order valence-corrected chi connectivity index (χ3v) is 2.51. The van der Waals surface area contributed by atoms with Crippen molar-refractivity contribution in [3.63, 3.8) is 0 Å². The summed E-state index contributed by atoms with van der Waals surface area (Å²) in [5.41, 5.74) is 0. The molecule has 0 fully saturated rings. The van der Waals surface area contributed by atoms with Crippen LogP contribution in [0.5, 0.6) is 5.88 Å². The van der Waals surface area contributed by atoms with E-state index in [2.05, 4.69) is 36.1 Å². The molecule has 0 aliphatic heterocycles. The molecule has 102 valence electrons. The lowest BCUT2D eigenvalue weighted by atomic mass is 10.3. The van der Waals surface area contributed by atoms with E-state index >= 15 is 0 Å². The van der Waals surface area contributed by atoms with Gasteiger partial charge in [-0.05, 0) is 19.3 Å². The van der Waals surface area contributed by atoms with Crippen LogP contribution in [0.4, 0.5) is 5.82 Å². The van der Waals surface area contributed by atoms with Crippen LogP contribution < -0.4 is 10.1 Å². The third kappa shape index (κ3) is 5.34. The number of nitrogens with one attached hydrogen (secondary N) is 1. The predicted octanol–water partition coefficient (Wildman–Crippen LogP) is 3.43. The molecule has 0 atom stereocenters. The zero-order valence-corrected chi connectivity index (χ0v) is 11.8. The minimum atomic E-state index is 0.689. The molecule has 4 nitrogen and oxygen atoms in total. The number of anilines is 1. The first kappa shape index (κ1) is 14.7. The smallest absolute Gasteiger partial charge is 0.218 e. The fourth-order valence-electron chi connectivity index (χ4n) is 1.57. The molecule has 0 radical (unpaired) electrons. The van der Waals surface area contributed by atoms with E-state index in [1.807, 2.05) is 6.07 Å². The van der Waals surface area contributed by atoms with Gasteiger partial charge in [0.15, 0.2) is 0 Å². The summed E-state index contributed by atoms with van der Waals surface area (Å²) in [5, 5.41) is 3.33. The standard InChI is InChI=1S/C14H25N3O/c1-4-7-9-15-13-11-14(18-10-6-3)17-12(16-13)8-5-2/h11H,4-10H2,1-3H3,(H,15,16,17). The summed E-state index contributed by atoms with van der Waals surface area (Å²) in [6.07, 6.45) is 5.26. The van der Waals surface area contributed by atoms with E-state index in [1.54, 1.807) is 0 Å². The molecule has 1 N–H and O–H groups in total. The van der Waals surface area contributed by atoms with Crippen LogP contribution in [0.25, 0.3) is 0 Å². The highest BCUT2D eigenvalue weighted by molar-refractivity contribution is 5.38. The molecule has 0 amide bonds. The molecule has 0 saturated carbocycles. The van der Waals surface area contributed by atoms with Crippen LogP contribution >= 0.6 is 0 Å². The van der Waals surface area contributed by atoms with Crippen LogP contribution in [-0.2, 0) is 6.42 Å². The number of rotatable bonds is 9. The van der Waals surface area contributed by atoms with E-state index in [4.69, 9.17) is 4.74 Å². The Balaban J connectivity index is 2.70. The summed E-state index contributed by atoms with van der Waals surface area (Å²) in [4.78, 5) is 8.92. The van der Waals surface area contributed by atoms with E-state index in [0.717, 1.165) is 43.9 Å². The second-order valence-corrected chi connectivity index (χ2v) is 4.39. The Hall–Kier alpha value is -1.32. The summed E-state index contributed by atoms with van der Waals surface area (Å²) >= 11 is 0. The van der Waals surface area contributed by atoms with Gasteiger partial charge in [0.1, 0.15) is 11.6 Å². The van der Waals surface area contributed by atoms with E-state index in [9.17, 15) is 0 Å². The molecule has 1 rings (SSSR count). The first-order chi connectivity index (χ1) is 8.80. The maximum atomic E-state index is 5.60. The molecule has 0 unspecified atom stereocenters. The molecule has 1 aromatic heterocycles. The molecule has 0 aliphatic rings. The Labute approximate surface area is 110 Å². The minimum Gasteiger partial charge on any atom is -0.478 e. The number of unbranched alkanes of at least 4 members (excludes halogenated alkanes) is 1. The van der Waals surface area contributed by atoms with Crippen LogP contribution in [0.1, 0.15) is 52.3 Å². The van der Waals surface area contributed by atoms with Gasteiger partial charge in [-0.3, -0.25) is 0 Å². The number of aromatic nitrogens is 2. The molecule has 0 saturated heterocycles. The van der Waals surface area contributed by atoms with E-state index in [1.165, 1.54) is 6.42 Å². The molecule has 1 aromatic rings. The van der Waals surface area contributed by atoms with Crippen molar-refractivity contribution in [2.24, 2.45) is 0 Å². The topological polar surface area (TPSA) is 47.0 Å². The number of ether oxygens (including phenoxy) is 1. The summed E-state index contributed by atoms with van der Waals surface area (Å²) in [6, 6.07) is 1.89. The van der Waals surface area contributed by atoms with Crippen molar-refractivity contribution >= 4 is 5.82 Å². The summed E-state index contributed by atoms with van der Waals surface area (Å²) in [6.45, 7) is 8.06. The fourth-order valence-corrected chi connectivity index (χ4v) is 1.57. The van der Waals surface area contributed by atoms with Gasteiger partial charge in [0, 0.05) is 19.0 Å². The summed E-state index contributed by atoms with van der Waals surface area (Å²) < 4.78 is 5.60. The van der Waals surface area contributed by atoms with Gasteiger partial charge in [-0.25, -0.2) is 4.98 Å². The van der Waals surface area contributed by atoms with Gasteiger partial charge in [0.2, 0.25) is 5.88 Å². The lowest BCUT2D eigenvalue weighted by Gasteiger charge is -2.10. The van der Waals surface area contributed by atoms with E-state index in [0.29, 0.717) is 12.5 Å². The van der Waals surface area contributed by atoms with Crippen LogP contribution in [0.15, 0.2) is 6.07 Å². The second kappa shape index (κ2) is 8.72. The monoisotopic (exact) mass is 251 g/mol. The highest BCUT2D eigenvalue weighted by Crippen LogP contribution is 2.15. The van der Waals surface area contributed by atoms with Crippen molar-refractivity contribution in [3.05, 3.63) is 11.9 Å². The Morgan fingerprint density at radius 3 is 2.61 bits per heavy atom. The molecule has 1 heterocycles. The fraction of sp³-hybridized carbons (Fsp3) is 0.714. The predicted molar refractivity (Wildman–Crippen MR) is 75.2 cm³/mol. The molecule has 0 bridgehead atoms. The van der Waals surface area contributed by atoms with Gasteiger partial charge in [-0.1, -0.05) is 27.2 Å². The van der Waals surface area contributed by atoms with Crippen molar-refractivity contribution in [1.29, 1.82) is 0 Å². The SMILES string of the molecule is CCCCNc1cc(OCCC)nc(CCC)n1. The third-order valence-electron chi connectivity index (χ3n) is 2.51. The number of aryl methyl sites for hydroxylation is 1. The molecule has 0 aromatic carbocycles. The van der Waals surface area contributed by atoms with Crippen LogP contribution in [0, 0.1) is 0 Å². The van der Waals surface area contributed by atoms with Crippen molar-refractivity contribution in [2.75, 3.05) is 18.5 Å². The normalized spacial score (nSPS) is 10.4. The second-order valence-electron chi connectivity index (χ2n) is 4.39. The first-order valence-corrected chi connectivity index (χ1v) is 7.04. The van der Waals surface area contributed by atoms with Crippen molar-refractivity contribution in [2.45, 2.75) is 52.9 Å². The molecule has 0 aliphatic carbocycles. The lowest BCUT2D eigenvalue weighted by Crippen LogP contribution is -2.08. The van der Waals surface area contributed by atoms with Gasteiger partial charge >= 0.3 is 0 Å². The quantitative estimate of drug-likeness (QED) is 0.683. The highest BCUT2D eigenvalue weighted by Gasteiger charge is 2.04. The van der Waals surface area contributed by atoms with Crippen LogP contribution in [-0.4, -0.2) is 23.1 Å². The zero-order valence-electron chi connectivity index (χ0n) is 11.8. The number of hydrogen-bond acceptors (Lipinski definition) is 4. The largest absolute Gasteiger partial charge is 0.478 e. The number of hydrogen-bond donors (Lipinski definition) is 1. The Bertz CT molecular complexity index is 342. The molecular weight excluding hydrogens is 226 g/mol. The summed E-state index contributed by atoms with van der Waals surface area (Å²) in [7, 11) is 0. The Morgan fingerprint density at radius 1 is 1.11 bits per heavy atom. The van der Waals surface area contributed by atoms with Crippen molar-refractivity contribution in [1.82, 2.24) is 9.97 Å². The molecule has 4 heteroatoms. The first-order valence-electron chi connectivity index (χ1n) is 7.04. The van der Waals surface area contributed by atoms with Gasteiger partial charge in [-0.15, -0.1) is 0 Å². The average Bonchev–Trinajstić information content (AvgIpc) is 2.37. The van der Waals surface area contributed by atoms with E-state index < -0.39 is 0 Å². The van der Waals surface area contributed by atoms with Gasteiger partial charge in [0.25, 0.3) is 0 Å². The minimum absolute atomic E-state index is 0.689. The highest BCUT2D eigenvalue weighted by atomic mass is 16.5. The van der Waals surface area contributed by atoms with Gasteiger partial charge in [0.05, 0.1) is 6.61 Å². The Kier molecular flexibility index (Phi) is 7.14. The number of nitrogens with zero attached hydrogens (tertiary/aromatic N) is 2. The molecular formula is C14H25N3O. The average molecular weight is 251 g/mol. The molecule has 0 spiro atoms. The Morgan fingerprint density at radius 2 is 1.94 bits per heavy atom. The molecule has 18 heavy (non-hydrogen) atoms. The van der Waals surface area contributed by atoms with Gasteiger partial charge < -0.3 is 10.1 Å². The maximum absolute atomic E-state index is 5.60. The summed E-state index contributed by atoms with van der Waals surface area (Å²) in [5.74, 6) is 2.44. The zero-order chi connectivity index (χ0) is 13.2. The van der Waals surface area contributed by atoms with Gasteiger partial charge in [-0.2, -0.15) is 4.98 Å². The maximum Gasteiger partial charge on any atom is 0.218 e. The van der Waals surface area contributed by atoms with E-state index in [-0.39, 0.29) is 0 Å². The van der Waals surface area contributed by atoms with Crippen LogP contribution in [0.3, 0.4) is 0 Å². The van der Waals surface area contributed by atoms with Crippen molar-refractivity contribution < 1.29 is 4.74 Å². The lowest BCUT2D eigenvalue weighted by molar-refractivity contribution is 0.303. The van der Waals surface area contributed by atoms with Crippen LogP contribution in [0.2, 0.25) is 0 Å². The van der Waals surface area contributed by atoms with Crippen molar-refractivity contribution in [3.8, 4) is 5.88 Å².